The molecule has 0 spiro atoms. The molecule has 0 radical (unpaired) electrons. The van der Waals surface area contributed by atoms with Crippen LogP contribution in [0.5, 0.6) is 0 Å². The van der Waals surface area contributed by atoms with Gasteiger partial charge in [-0.3, -0.25) is 9.09 Å². The summed E-state index contributed by atoms with van der Waals surface area (Å²) < 4.78 is 66.5. The van der Waals surface area contributed by atoms with Gasteiger partial charge in [0.2, 0.25) is 0 Å². The van der Waals surface area contributed by atoms with Crippen LogP contribution in [0.2, 0.25) is 0 Å². The van der Waals surface area contributed by atoms with Gasteiger partial charge >= 0.3 is 23.5 Å². The van der Waals surface area contributed by atoms with Crippen LogP contribution in [0.4, 0.5) is 10.3 Å². The van der Waals surface area contributed by atoms with Gasteiger partial charge in [0.15, 0.2) is 10.6 Å². The highest BCUT2D eigenvalue weighted by molar-refractivity contribution is 7.71. The molecule has 3 rings (SSSR count). The molecule has 16 nitrogen and oxygen atoms in total. The molecular weight excluding hydrogens is 510 g/mol. The highest BCUT2D eigenvalue weighted by Gasteiger charge is 2.43. The fourth-order valence-electron chi connectivity index (χ4n) is 2.65. The van der Waals surface area contributed by atoms with Crippen molar-refractivity contribution in [3.8, 4) is 0 Å². The summed E-state index contributed by atoms with van der Waals surface area (Å²) in [5.41, 5.74) is 6.18. The summed E-state index contributed by atoms with van der Waals surface area (Å²) in [6.45, 7) is -0.923. The van der Waals surface area contributed by atoms with E-state index in [9.17, 15) is 23.0 Å². The van der Waals surface area contributed by atoms with E-state index >= 15 is 0 Å². The van der Waals surface area contributed by atoms with E-state index in [1.54, 1.807) is 0 Å². The summed E-state index contributed by atoms with van der Waals surface area (Å²) in [4.78, 5) is 46.1. The average Bonchev–Trinajstić information content (AvgIpc) is 3.13. The van der Waals surface area contributed by atoms with E-state index in [2.05, 4.69) is 28.1 Å². The Kier molecular flexibility index (Phi) is 6.85. The summed E-state index contributed by atoms with van der Waals surface area (Å²) in [7, 11) is -16.6. The Morgan fingerprint density at radius 3 is 2.61 bits per heavy atom. The van der Waals surface area contributed by atoms with E-state index in [0.29, 0.717) is 5.65 Å². The Labute approximate surface area is 176 Å². The Morgan fingerprint density at radius 1 is 1.29 bits per heavy atom. The SMILES string of the molecule is Nc1nc(=S)c2ncn([C@H]3C[C@H](F)[C@@H](COP(=O)(O)OP(=O)(O)OP(=O)(O)O)O3)c2[nH]1. The molecule has 0 amide bonds. The topological polar surface area (TPSA) is 242 Å². The molecule has 0 aromatic carbocycles. The van der Waals surface area contributed by atoms with Crippen molar-refractivity contribution in [2.75, 3.05) is 12.3 Å². The van der Waals surface area contributed by atoms with Gasteiger partial charge < -0.3 is 35.0 Å². The van der Waals surface area contributed by atoms with Gasteiger partial charge in [-0.25, -0.2) is 28.1 Å². The van der Waals surface area contributed by atoms with Crippen LogP contribution >= 0.6 is 35.7 Å². The molecule has 0 saturated carbocycles. The number of aromatic amines is 1. The molecule has 21 heteroatoms. The highest BCUT2D eigenvalue weighted by Crippen LogP contribution is 2.66. The zero-order valence-corrected chi connectivity index (χ0v) is 18.4. The number of rotatable bonds is 8. The Hall–Kier alpha value is -1.13. The van der Waals surface area contributed by atoms with E-state index in [4.69, 9.17) is 37.4 Å². The fraction of sp³-hybridized carbons (Fsp3) is 0.500. The first-order chi connectivity index (χ1) is 14.2. The number of nitrogens with zero attached hydrogens (tertiary/aromatic N) is 3. The van der Waals surface area contributed by atoms with Crippen molar-refractivity contribution in [2.24, 2.45) is 0 Å². The van der Waals surface area contributed by atoms with Crippen molar-refractivity contribution >= 4 is 52.8 Å². The van der Waals surface area contributed by atoms with Crippen LogP contribution in [0.15, 0.2) is 6.33 Å². The van der Waals surface area contributed by atoms with Crippen LogP contribution in [0.25, 0.3) is 11.2 Å². The van der Waals surface area contributed by atoms with Gasteiger partial charge in [0, 0.05) is 6.42 Å². The largest absolute Gasteiger partial charge is 0.490 e. The monoisotopic (exact) mass is 525 g/mol. The number of phosphoric acid groups is 3. The summed E-state index contributed by atoms with van der Waals surface area (Å²) in [5, 5.41) is 0. The average molecular weight is 525 g/mol. The van der Waals surface area contributed by atoms with Gasteiger partial charge in [0.1, 0.15) is 29.7 Å². The van der Waals surface area contributed by atoms with Crippen LogP contribution in [-0.2, 0) is 31.6 Å². The third-order valence-electron chi connectivity index (χ3n) is 3.75. The lowest BCUT2D eigenvalue weighted by Crippen LogP contribution is -2.23. The van der Waals surface area contributed by atoms with Crippen LogP contribution in [0, 0.1) is 4.64 Å². The second-order valence-corrected chi connectivity index (χ2v) is 10.9. The van der Waals surface area contributed by atoms with Crippen LogP contribution in [-0.4, -0.2) is 58.0 Å². The second-order valence-electron chi connectivity index (χ2n) is 6.04. The maximum atomic E-state index is 14.4. The number of phosphoric ester groups is 1. The predicted octanol–water partition coefficient (Wildman–Crippen LogP) is 1.04. The molecule has 1 saturated heterocycles. The van der Waals surface area contributed by atoms with Gasteiger partial charge in [-0.1, -0.05) is 12.2 Å². The third-order valence-corrected chi connectivity index (χ3v) is 7.84. The molecule has 7 N–H and O–H groups in total. The predicted molar refractivity (Wildman–Crippen MR) is 100 cm³/mol. The number of ether oxygens (including phenoxy) is 1. The Morgan fingerprint density at radius 2 is 1.97 bits per heavy atom. The standard InChI is InChI=1S/C10H15FN5O11P3S/c11-4-1-6(16-3-13-7-8(16)14-10(12)15-9(7)31)25-5(4)2-24-29(20,21)27-30(22,23)26-28(17,18)19/h3-6H,1-2H2,(H,20,21)(H,22,23)(H2,17,18,19)(H3,12,14,15,31)/t4-,5+,6+/m0/s1. The van der Waals surface area contributed by atoms with E-state index in [0.717, 1.165) is 0 Å². The maximum Gasteiger partial charge on any atom is 0.490 e. The minimum atomic E-state index is -5.68. The summed E-state index contributed by atoms with van der Waals surface area (Å²) in [6.07, 6.45) is -3.04. The number of hydrogen-bond donors (Lipinski definition) is 6. The number of fused-ring (bicyclic) bond motifs is 1. The van der Waals surface area contributed by atoms with Crippen molar-refractivity contribution in [2.45, 2.75) is 24.9 Å². The van der Waals surface area contributed by atoms with E-state index in [1.165, 1.54) is 10.9 Å². The zero-order valence-electron chi connectivity index (χ0n) is 14.9. The second kappa shape index (κ2) is 8.67. The number of nitrogens with one attached hydrogen (secondary N) is 1. The molecule has 2 aromatic rings. The number of nitrogen functional groups attached to an aromatic ring is 1. The van der Waals surface area contributed by atoms with Gasteiger partial charge in [-0.05, 0) is 0 Å². The lowest BCUT2D eigenvalue weighted by molar-refractivity contribution is -0.0317. The minimum Gasteiger partial charge on any atom is -0.369 e. The first-order valence-corrected chi connectivity index (χ1v) is 12.9. The lowest BCUT2D eigenvalue weighted by atomic mass is 10.2. The smallest absolute Gasteiger partial charge is 0.369 e. The number of alkyl halides is 1. The molecular formula is C10H15FN5O11P3S. The molecule has 174 valence electrons. The molecule has 3 heterocycles. The van der Waals surface area contributed by atoms with Gasteiger partial charge in [-0.15, -0.1) is 0 Å². The summed E-state index contributed by atoms with van der Waals surface area (Å²) >= 11 is 5.04. The molecule has 1 aliphatic heterocycles. The first-order valence-electron chi connectivity index (χ1n) is 7.96. The van der Waals surface area contributed by atoms with Crippen LogP contribution in [0.3, 0.4) is 0 Å². The van der Waals surface area contributed by atoms with Crippen molar-refractivity contribution in [1.82, 2.24) is 19.5 Å². The van der Waals surface area contributed by atoms with Crippen molar-refractivity contribution < 1.29 is 55.5 Å². The van der Waals surface area contributed by atoms with E-state index < -0.39 is 48.6 Å². The third kappa shape index (κ3) is 6.22. The number of hydrogen-bond acceptors (Lipinski definition) is 11. The number of nitrogens with two attached hydrogens (primary N) is 1. The van der Waals surface area contributed by atoms with Gasteiger partial charge in [0.05, 0.1) is 12.9 Å². The maximum absolute atomic E-state index is 14.4. The summed E-state index contributed by atoms with van der Waals surface area (Å²) in [5.74, 6) is -0.0155. The molecule has 2 aromatic heterocycles. The number of imidazole rings is 1. The molecule has 1 fully saturated rings. The number of halogens is 1. The van der Waals surface area contributed by atoms with Crippen molar-refractivity contribution in [1.29, 1.82) is 0 Å². The molecule has 0 aliphatic carbocycles. The summed E-state index contributed by atoms with van der Waals surface area (Å²) in [6, 6.07) is 0. The minimum absolute atomic E-state index is 0.0155. The fourth-order valence-corrected chi connectivity index (χ4v) is 5.93. The van der Waals surface area contributed by atoms with E-state index in [-0.39, 0.29) is 22.5 Å². The Balaban J connectivity index is 1.67. The lowest BCUT2D eigenvalue weighted by Gasteiger charge is -2.19. The number of aromatic nitrogens is 4. The van der Waals surface area contributed by atoms with Gasteiger partial charge in [0.25, 0.3) is 0 Å². The quantitative estimate of drug-likeness (QED) is 0.208. The number of H-pyrrole nitrogens is 1. The van der Waals surface area contributed by atoms with Crippen molar-refractivity contribution in [3.05, 3.63) is 11.0 Å². The normalized spacial score (nSPS) is 26.0. The molecule has 2 unspecified atom stereocenters. The molecule has 31 heavy (non-hydrogen) atoms. The van der Waals surface area contributed by atoms with Crippen molar-refractivity contribution in [3.63, 3.8) is 0 Å². The van der Waals surface area contributed by atoms with Crippen LogP contribution < -0.4 is 5.73 Å². The highest BCUT2D eigenvalue weighted by atomic mass is 32.1. The molecule has 0 bridgehead atoms. The number of anilines is 1. The Bertz CT molecular complexity index is 1180. The van der Waals surface area contributed by atoms with Gasteiger partial charge in [-0.2, -0.15) is 8.62 Å². The van der Waals surface area contributed by atoms with E-state index in [1.807, 2.05) is 0 Å². The zero-order chi connectivity index (χ0) is 23.2. The molecule has 1 aliphatic rings. The van der Waals surface area contributed by atoms with Crippen LogP contribution in [0.1, 0.15) is 12.6 Å². The first kappa shape index (κ1) is 24.5. The molecule has 5 atom stereocenters.